The molecule has 1 fully saturated rings. The molecule has 2 aromatic carbocycles. The molecule has 1 saturated heterocycles. The summed E-state index contributed by atoms with van der Waals surface area (Å²) < 4.78 is 115. The van der Waals surface area contributed by atoms with Gasteiger partial charge in [-0.15, -0.1) is 5.06 Å². The van der Waals surface area contributed by atoms with Crippen molar-refractivity contribution in [1.82, 2.24) is 5.06 Å². The molecule has 0 spiro atoms. The van der Waals surface area contributed by atoms with E-state index in [1.54, 1.807) is 37.3 Å². The van der Waals surface area contributed by atoms with Gasteiger partial charge in [0.15, 0.2) is 5.71 Å². The maximum Gasteiger partial charge on any atom is 0.333 e. The van der Waals surface area contributed by atoms with E-state index in [0.717, 1.165) is 0 Å². The normalized spacial score (nSPS) is 21.6. The molecule has 21 heteroatoms. The molecular formula is C38H48N3O15S3+. The third-order valence-electron chi connectivity index (χ3n) is 10.9. The van der Waals surface area contributed by atoms with Crippen LogP contribution in [0.4, 0.5) is 11.4 Å². The average Bonchev–Trinajstić information content (AvgIpc) is 3.68. The summed E-state index contributed by atoms with van der Waals surface area (Å²) in [6, 6.07) is 8.31. The molecule has 0 radical (unpaired) electrons. The minimum absolute atomic E-state index is 0.0157. The number of anilines is 1. The van der Waals surface area contributed by atoms with E-state index in [1.165, 1.54) is 38.5 Å². The minimum atomic E-state index is -4.63. The fourth-order valence-corrected chi connectivity index (χ4v) is 9.43. The van der Waals surface area contributed by atoms with Crippen LogP contribution in [0.5, 0.6) is 0 Å². The van der Waals surface area contributed by atoms with Gasteiger partial charge in [0.1, 0.15) is 6.54 Å². The van der Waals surface area contributed by atoms with Crippen LogP contribution in [0.3, 0.4) is 0 Å². The quantitative estimate of drug-likeness (QED) is 0.104. The van der Waals surface area contributed by atoms with Gasteiger partial charge >= 0.3 is 5.97 Å². The highest BCUT2D eigenvalue weighted by atomic mass is 32.2. The van der Waals surface area contributed by atoms with E-state index in [0.29, 0.717) is 45.4 Å². The number of rotatable bonds is 19. The van der Waals surface area contributed by atoms with Crippen LogP contribution >= 0.6 is 0 Å². The number of hydrogen-bond donors (Lipinski definition) is 3. The van der Waals surface area contributed by atoms with Gasteiger partial charge in [-0.2, -0.15) is 29.8 Å². The zero-order valence-corrected chi connectivity index (χ0v) is 35.4. The number of hydroxylamine groups is 2. The van der Waals surface area contributed by atoms with Gasteiger partial charge in [-0.1, -0.05) is 6.08 Å². The van der Waals surface area contributed by atoms with Crippen molar-refractivity contribution in [1.29, 1.82) is 0 Å². The van der Waals surface area contributed by atoms with Gasteiger partial charge in [-0.3, -0.25) is 23.2 Å². The Labute approximate surface area is 343 Å². The molecule has 59 heavy (non-hydrogen) atoms. The summed E-state index contributed by atoms with van der Waals surface area (Å²) in [5.41, 5.74) is 1.39. The molecule has 3 aliphatic heterocycles. The molecular weight excluding hydrogens is 835 g/mol. The fraction of sp³-hybridized carbons (Fsp3) is 0.474. The largest absolute Gasteiger partial charge is 0.385 e. The van der Waals surface area contributed by atoms with Gasteiger partial charge in [-0.05, 0) is 75.1 Å². The lowest BCUT2D eigenvalue weighted by molar-refractivity contribution is -0.438. The van der Waals surface area contributed by atoms with Crippen molar-refractivity contribution < 1.29 is 72.2 Å². The van der Waals surface area contributed by atoms with E-state index < -0.39 is 64.7 Å². The summed E-state index contributed by atoms with van der Waals surface area (Å²) in [5.74, 6) is -2.60. The number of amides is 2. The predicted octanol–water partition coefficient (Wildman–Crippen LogP) is 3.49. The van der Waals surface area contributed by atoms with Crippen LogP contribution in [0.15, 0.2) is 70.1 Å². The number of benzene rings is 2. The number of carbonyl (C=O) groups is 3. The van der Waals surface area contributed by atoms with E-state index in [-0.39, 0.29) is 74.6 Å². The summed E-state index contributed by atoms with van der Waals surface area (Å²) in [4.78, 5) is 43.0. The molecule has 3 N–H and O–H groups in total. The lowest BCUT2D eigenvalue weighted by atomic mass is 9.76. The monoisotopic (exact) mass is 882 g/mol. The SMILES string of the molecule is COCCN1/C(=C/C=C/C2=[N+](CCCC(=O)ON3C(=O)CCC3=O)c3ccc(S(=O)(=O)O)cc3C2(C)CCOC)C(C)(CCCS(=O)(=O)O)c2cc(S(=O)(=O)O)ccc21. The van der Waals surface area contributed by atoms with Gasteiger partial charge in [0, 0.05) is 81.1 Å². The highest BCUT2D eigenvalue weighted by Crippen LogP contribution is 2.51. The second kappa shape index (κ2) is 17.7. The number of nitrogens with zero attached hydrogens (tertiary/aromatic N) is 3. The highest BCUT2D eigenvalue weighted by Gasteiger charge is 2.48. The Morgan fingerprint density at radius 2 is 1.44 bits per heavy atom. The van der Waals surface area contributed by atoms with Crippen molar-refractivity contribution >= 4 is 65.2 Å². The first-order valence-electron chi connectivity index (χ1n) is 18.6. The lowest BCUT2D eigenvalue weighted by Crippen LogP contribution is -2.33. The fourth-order valence-electron chi connectivity index (χ4n) is 7.91. The summed E-state index contributed by atoms with van der Waals surface area (Å²) in [6.45, 7) is 4.58. The van der Waals surface area contributed by atoms with E-state index in [4.69, 9.17) is 14.3 Å². The van der Waals surface area contributed by atoms with Crippen molar-refractivity contribution in [2.45, 2.75) is 79.4 Å². The Bertz CT molecular complexity index is 2430. The number of fused-ring (bicyclic) bond motifs is 2. The number of ether oxygens (including phenoxy) is 2. The number of hydrogen-bond acceptors (Lipinski definition) is 13. The van der Waals surface area contributed by atoms with Crippen molar-refractivity contribution in [3.8, 4) is 0 Å². The van der Waals surface area contributed by atoms with Gasteiger partial charge in [-0.25, -0.2) is 4.79 Å². The second-order valence-corrected chi connectivity index (χ2v) is 19.3. The smallest absolute Gasteiger partial charge is 0.333 e. The molecule has 3 aliphatic rings. The van der Waals surface area contributed by atoms with Crippen LogP contribution in [0, 0.1) is 0 Å². The average molecular weight is 883 g/mol. The Balaban J connectivity index is 1.62. The van der Waals surface area contributed by atoms with Crippen LogP contribution in [-0.4, -0.2) is 118 Å². The van der Waals surface area contributed by atoms with Gasteiger partial charge in [0.2, 0.25) is 5.69 Å². The maximum absolute atomic E-state index is 12.8. The zero-order chi connectivity index (χ0) is 43.6. The van der Waals surface area contributed by atoms with Crippen LogP contribution in [-0.2, 0) is 69.9 Å². The molecule has 322 valence electrons. The Kier molecular flexibility index (Phi) is 13.7. The molecule has 0 bridgehead atoms. The standard InChI is InChI=1S/C38H47N3O15S3/c1-37(17-7-23-57(45,46)47)28-24-26(58(48,49)50)12-14-31(28)40(20-22-55-4)32(37)8-5-9-33-38(2,18-21-54-3)29-25-27(59(51,52)53)11-13-30(29)39(33)19-6-10-36(44)56-41-34(42)15-16-35(41)43/h5,8-9,11-14,24-25H,6-7,10,15-23H2,1-4H3,(H2-,45,46,47,48,49,50,51,52,53)/p+1. The molecule has 5 rings (SSSR count). The minimum Gasteiger partial charge on any atom is -0.385 e. The van der Waals surface area contributed by atoms with Crippen molar-refractivity contribution in [2.24, 2.45) is 0 Å². The number of imide groups is 1. The first-order chi connectivity index (χ1) is 27.5. The van der Waals surface area contributed by atoms with Crippen molar-refractivity contribution in [2.75, 3.05) is 51.2 Å². The maximum atomic E-state index is 12.8. The third kappa shape index (κ3) is 10.00. The molecule has 2 atom stereocenters. The molecule has 2 unspecified atom stereocenters. The van der Waals surface area contributed by atoms with Gasteiger partial charge < -0.3 is 19.2 Å². The van der Waals surface area contributed by atoms with Crippen LogP contribution in [0.1, 0.15) is 69.9 Å². The Morgan fingerprint density at radius 1 is 0.831 bits per heavy atom. The molecule has 0 aromatic heterocycles. The Hall–Kier alpha value is -4.35. The molecule has 2 amide bonds. The third-order valence-corrected chi connectivity index (χ3v) is 13.4. The van der Waals surface area contributed by atoms with Gasteiger partial charge in [0.25, 0.3) is 42.2 Å². The van der Waals surface area contributed by atoms with E-state index >= 15 is 0 Å². The number of methoxy groups -OCH3 is 2. The number of carbonyl (C=O) groups excluding carboxylic acids is 3. The highest BCUT2D eigenvalue weighted by molar-refractivity contribution is 7.86. The first-order valence-corrected chi connectivity index (χ1v) is 23.1. The number of allylic oxidation sites excluding steroid dienone is 4. The summed E-state index contributed by atoms with van der Waals surface area (Å²) in [7, 11) is -10.6. The van der Waals surface area contributed by atoms with E-state index in [9.17, 15) is 53.3 Å². The Morgan fingerprint density at radius 3 is 2.03 bits per heavy atom. The van der Waals surface area contributed by atoms with Crippen molar-refractivity contribution in [3.05, 3.63) is 71.5 Å². The van der Waals surface area contributed by atoms with Gasteiger partial charge in [0.05, 0.1) is 34.0 Å². The van der Waals surface area contributed by atoms with Crippen molar-refractivity contribution in [3.63, 3.8) is 0 Å². The first kappa shape index (κ1) is 45.7. The van der Waals surface area contributed by atoms with Crippen LogP contribution in [0.25, 0.3) is 0 Å². The molecule has 2 aromatic rings. The van der Waals surface area contributed by atoms with Crippen LogP contribution in [0.2, 0.25) is 0 Å². The summed E-state index contributed by atoms with van der Waals surface area (Å²) in [5, 5.41) is 0.469. The molecule has 3 heterocycles. The molecule has 0 aliphatic carbocycles. The van der Waals surface area contributed by atoms with Crippen LogP contribution < -0.4 is 4.90 Å². The second-order valence-electron chi connectivity index (χ2n) is 14.8. The summed E-state index contributed by atoms with van der Waals surface area (Å²) in [6.07, 6.45) is 5.57. The zero-order valence-electron chi connectivity index (χ0n) is 33.0. The molecule has 0 saturated carbocycles. The van der Waals surface area contributed by atoms with E-state index in [2.05, 4.69) is 0 Å². The predicted molar refractivity (Wildman–Crippen MR) is 212 cm³/mol. The topological polar surface area (TPSA) is 251 Å². The summed E-state index contributed by atoms with van der Waals surface area (Å²) >= 11 is 0. The van der Waals surface area contributed by atoms with E-state index in [1.807, 2.05) is 16.4 Å². The molecule has 18 nitrogen and oxygen atoms in total. The lowest BCUT2D eigenvalue weighted by Gasteiger charge is -2.30.